The number of urea groups is 1. The Kier molecular flexibility index (Phi) is 4.41. The highest BCUT2D eigenvalue weighted by Crippen LogP contribution is 2.35. The van der Waals surface area contributed by atoms with Crippen molar-refractivity contribution in [1.29, 1.82) is 0 Å². The number of amides is 3. The molecule has 6 nitrogen and oxygen atoms in total. The molecular weight excluding hydrogens is 296 g/mol. The van der Waals surface area contributed by atoms with Gasteiger partial charge in [0.15, 0.2) is 11.5 Å². The molecule has 0 spiro atoms. The second-order valence-electron chi connectivity index (χ2n) is 5.93. The van der Waals surface area contributed by atoms with E-state index in [0.717, 1.165) is 30.6 Å². The first-order valence-corrected chi connectivity index (χ1v) is 8.16. The van der Waals surface area contributed by atoms with Crippen LogP contribution in [0.5, 0.6) is 11.5 Å². The number of imide groups is 1. The van der Waals surface area contributed by atoms with E-state index in [0.29, 0.717) is 12.2 Å². The van der Waals surface area contributed by atoms with Gasteiger partial charge in [0, 0.05) is 12.5 Å². The van der Waals surface area contributed by atoms with Gasteiger partial charge in [-0.15, -0.1) is 0 Å². The van der Waals surface area contributed by atoms with Gasteiger partial charge in [0.2, 0.25) is 12.7 Å². The van der Waals surface area contributed by atoms with Crippen LogP contribution in [-0.2, 0) is 4.79 Å². The van der Waals surface area contributed by atoms with Gasteiger partial charge in [0.05, 0.1) is 6.04 Å². The molecule has 2 aliphatic heterocycles. The summed E-state index contributed by atoms with van der Waals surface area (Å²) in [6.07, 6.45) is 2.97. The SMILES string of the molecule is CCCC(NC(=O)N1C(=O)CC1CC)c1ccc2c(c1)OCO2. The van der Waals surface area contributed by atoms with Gasteiger partial charge in [0.25, 0.3) is 0 Å². The summed E-state index contributed by atoms with van der Waals surface area (Å²) in [4.78, 5) is 25.5. The van der Waals surface area contributed by atoms with Crippen molar-refractivity contribution in [1.82, 2.24) is 10.2 Å². The number of benzene rings is 1. The highest BCUT2D eigenvalue weighted by atomic mass is 16.7. The zero-order valence-corrected chi connectivity index (χ0v) is 13.5. The molecule has 2 unspecified atom stereocenters. The van der Waals surface area contributed by atoms with Gasteiger partial charge in [-0.2, -0.15) is 0 Å². The molecular formula is C17H22N2O4. The number of nitrogens with one attached hydrogen (secondary N) is 1. The van der Waals surface area contributed by atoms with Crippen molar-refractivity contribution in [2.24, 2.45) is 0 Å². The van der Waals surface area contributed by atoms with Crippen molar-refractivity contribution in [3.63, 3.8) is 0 Å². The predicted octanol–water partition coefficient (Wildman–Crippen LogP) is 2.98. The number of carbonyl (C=O) groups is 2. The zero-order valence-electron chi connectivity index (χ0n) is 13.5. The second kappa shape index (κ2) is 6.48. The van der Waals surface area contributed by atoms with E-state index in [4.69, 9.17) is 9.47 Å². The Morgan fingerprint density at radius 1 is 1.35 bits per heavy atom. The summed E-state index contributed by atoms with van der Waals surface area (Å²) in [5.74, 6) is 1.32. The first-order valence-electron chi connectivity index (χ1n) is 8.16. The number of ether oxygens (including phenoxy) is 2. The number of hydrogen-bond donors (Lipinski definition) is 1. The monoisotopic (exact) mass is 318 g/mol. The number of likely N-dealkylation sites (tertiary alicyclic amines) is 1. The smallest absolute Gasteiger partial charge is 0.324 e. The maximum absolute atomic E-state index is 12.4. The number of rotatable bonds is 5. The average molecular weight is 318 g/mol. The predicted molar refractivity (Wildman–Crippen MR) is 84.3 cm³/mol. The van der Waals surface area contributed by atoms with Gasteiger partial charge >= 0.3 is 6.03 Å². The molecule has 0 bridgehead atoms. The van der Waals surface area contributed by atoms with E-state index in [9.17, 15) is 9.59 Å². The van der Waals surface area contributed by atoms with Crippen molar-refractivity contribution >= 4 is 11.9 Å². The van der Waals surface area contributed by atoms with Crippen LogP contribution in [0.1, 0.15) is 51.1 Å². The van der Waals surface area contributed by atoms with Crippen molar-refractivity contribution < 1.29 is 19.1 Å². The van der Waals surface area contributed by atoms with E-state index < -0.39 is 0 Å². The van der Waals surface area contributed by atoms with Crippen LogP contribution in [0, 0.1) is 0 Å². The molecule has 1 N–H and O–H groups in total. The van der Waals surface area contributed by atoms with Crippen molar-refractivity contribution in [3.05, 3.63) is 23.8 Å². The third-order valence-corrected chi connectivity index (χ3v) is 4.41. The fraction of sp³-hybridized carbons (Fsp3) is 0.529. The molecule has 6 heteroatoms. The number of nitrogens with zero attached hydrogens (tertiary/aromatic N) is 1. The summed E-state index contributed by atoms with van der Waals surface area (Å²) in [6.45, 7) is 4.28. The highest BCUT2D eigenvalue weighted by Gasteiger charge is 2.40. The quantitative estimate of drug-likeness (QED) is 0.848. The van der Waals surface area contributed by atoms with Gasteiger partial charge in [-0.3, -0.25) is 9.69 Å². The van der Waals surface area contributed by atoms with Crippen molar-refractivity contribution in [2.75, 3.05) is 6.79 Å². The minimum atomic E-state index is -0.302. The molecule has 1 saturated heterocycles. The summed E-state index contributed by atoms with van der Waals surface area (Å²) < 4.78 is 10.7. The van der Waals surface area contributed by atoms with E-state index in [-0.39, 0.29) is 30.8 Å². The van der Waals surface area contributed by atoms with Crippen LogP contribution in [0.25, 0.3) is 0 Å². The minimum absolute atomic E-state index is 0.0292. The van der Waals surface area contributed by atoms with Crippen LogP contribution in [0.4, 0.5) is 4.79 Å². The zero-order chi connectivity index (χ0) is 16.4. The van der Waals surface area contributed by atoms with Gasteiger partial charge < -0.3 is 14.8 Å². The van der Waals surface area contributed by atoms with Gasteiger partial charge in [-0.05, 0) is 30.5 Å². The number of β-lactam (4-membered cyclic amide) rings is 1. The maximum atomic E-state index is 12.4. The lowest BCUT2D eigenvalue weighted by Crippen LogP contribution is -2.58. The Hall–Kier alpha value is -2.24. The molecule has 2 heterocycles. The lowest BCUT2D eigenvalue weighted by atomic mass is 9.99. The fourth-order valence-electron chi connectivity index (χ4n) is 3.05. The van der Waals surface area contributed by atoms with Crippen LogP contribution < -0.4 is 14.8 Å². The molecule has 0 aromatic heterocycles. The molecule has 124 valence electrons. The molecule has 0 aliphatic carbocycles. The minimum Gasteiger partial charge on any atom is -0.454 e. The van der Waals surface area contributed by atoms with Crippen molar-refractivity contribution in [2.45, 2.75) is 51.6 Å². The Morgan fingerprint density at radius 3 is 2.83 bits per heavy atom. The Labute approximate surface area is 135 Å². The Morgan fingerprint density at radius 2 is 2.13 bits per heavy atom. The average Bonchev–Trinajstić information content (AvgIpc) is 2.99. The molecule has 2 aliphatic rings. The van der Waals surface area contributed by atoms with Crippen LogP contribution in [0.15, 0.2) is 18.2 Å². The Balaban J connectivity index is 1.74. The summed E-state index contributed by atoms with van der Waals surface area (Å²) in [6, 6.07) is 5.27. The maximum Gasteiger partial charge on any atom is 0.324 e. The number of hydrogen-bond acceptors (Lipinski definition) is 4. The molecule has 0 saturated carbocycles. The lowest BCUT2D eigenvalue weighted by Gasteiger charge is -2.38. The van der Waals surface area contributed by atoms with E-state index >= 15 is 0 Å². The number of carbonyl (C=O) groups excluding carboxylic acids is 2. The number of fused-ring (bicyclic) bond motifs is 1. The molecule has 0 radical (unpaired) electrons. The summed E-state index contributed by atoms with van der Waals surface area (Å²) in [7, 11) is 0. The standard InChI is InChI=1S/C17H22N2O4/c1-3-5-13(11-6-7-14-15(8-11)23-10-22-14)18-17(21)19-12(4-2)9-16(19)20/h6-8,12-13H,3-5,9-10H2,1-2H3,(H,18,21). The van der Waals surface area contributed by atoms with Crippen LogP contribution >= 0.6 is 0 Å². The topological polar surface area (TPSA) is 67.9 Å². The third-order valence-electron chi connectivity index (χ3n) is 4.41. The summed E-state index contributed by atoms with van der Waals surface area (Å²) in [5, 5.41) is 2.99. The van der Waals surface area contributed by atoms with Crippen molar-refractivity contribution in [3.8, 4) is 11.5 Å². The molecule has 1 aromatic carbocycles. The van der Waals surface area contributed by atoms with Gasteiger partial charge in [0.1, 0.15) is 0 Å². The second-order valence-corrected chi connectivity index (χ2v) is 5.93. The molecule has 1 fully saturated rings. The van der Waals surface area contributed by atoms with E-state index in [1.807, 2.05) is 25.1 Å². The lowest BCUT2D eigenvalue weighted by molar-refractivity contribution is -0.140. The molecule has 2 atom stereocenters. The van der Waals surface area contributed by atoms with Gasteiger partial charge in [-0.1, -0.05) is 26.3 Å². The fourth-order valence-corrected chi connectivity index (χ4v) is 3.05. The third kappa shape index (κ3) is 2.98. The summed E-state index contributed by atoms with van der Waals surface area (Å²) in [5.41, 5.74) is 0.963. The molecule has 23 heavy (non-hydrogen) atoms. The molecule has 1 aromatic rings. The Bertz CT molecular complexity index is 617. The van der Waals surface area contributed by atoms with E-state index in [1.165, 1.54) is 4.90 Å². The van der Waals surface area contributed by atoms with Crippen LogP contribution in [0.3, 0.4) is 0 Å². The van der Waals surface area contributed by atoms with Crippen LogP contribution in [0.2, 0.25) is 0 Å². The highest BCUT2D eigenvalue weighted by molar-refractivity contribution is 5.99. The largest absolute Gasteiger partial charge is 0.454 e. The van der Waals surface area contributed by atoms with Crippen LogP contribution in [-0.4, -0.2) is 29.7 Å². The van der Waals surface area contributed by atoms with E-state index in [2.05, 4.69) is 12.2 Å². The molecule has 3 amide bonds. The summed E-state index contributed by atoms with van der Waals surface area (Å²) >= 11 is 0. The van der Waals surface area contributed by atoms with Gasteiger partial charge in [-0.25, -0.2) is 4.79 Å². The normalized spacial score (nSPS) is 20.2. The molecule has 3 rings (SSSR count). The first kappa shape index (κ1) is 15.6. The van der Waals surface area contributed by atoms with E-state index in [1.54, 1.807) is 0 Å². The first-order chi connectivity index (χ1) is 11.1.